The van der Waals surface area contributed by atoms with Crippen LogP contribution >= 0.6 is 58.2 Å². The van der Waals surface area contributed by atoms with Crippen LogP contribution in [0.4, 0.5) is 5.13 Å². The van der Waals surface area contributed by atoms with Crippen LogP contribution in [-0.2, 0) is 28.2 Å². The van der Waals surface area contributed by atoms with E-state index >= 15 is 0 Å². The minimum absolute atomic E-state index is 0.00217. The number of nitrogens with zero attached hydrogens (tertiary/aromatic N) is 5. The second kappa shape index (κ2) is 12.4. The molecule has 2 aromatic heterocycles. The van der Waals surface area contributed by atoms with E-state index in [1.165, 1.54) is 52.3 Å². The van der Waals surface area contributed by atoms with Crippen molar-refractivity contribution in [3.05, 3.63) is 16.6 Å². The molecule has 3 amide bonds. The van der Waals surface area contributed by atoms with Crippen molar-refractivity contribution in [3.8, 4) is 0 Å². The molecule has 0 bridgehead atoms. The number of carboxylic acids is 1. The van der Waals surface area contributed by atoms with Crippen molar-refractivity contribution in [2.24, 2.45) is 10.6 Å². The predicted octanol–water partition coefficient (Wildman–Crippen LogP) is 0.799. The number of carbonyl (C=O) groups is 4. The van der Waals surface area contributed by atoms with Gasteiger partial charge in [0.1, 0.15) is 28.0 Å². The molecule has 2 aromatic rings. The molecule has 2 aliphatic heterocycles. The molecular formula is C18H19N7O7S5. The third-order valence-electron chi connectivity index (χ3n) is 5.22. The fraction of sp³-hybridized carbons (Fsp3) is 0.444. The minimum Gasteiger partial charge on any atom is -0.481 e. The maximum Gasteiger partial charge on any atom is 0.313 e. The van der Waals surface area contributed by atoms with Crippen molar-refractivity contribution < 1.29 is 33.3 Å². The molecule has 19 heteroatoms. The van der Waals surface area contributed by atoms with E-state index in [4.69, 9.17) is 9.02 Å². The number of carbonyl (C=O) groups excluding carboxylic acids is 3. The Kier molecular flexibility index (Phi) is 9.24. The first-order valence-electron chi connectivity index (χ1n) is 10.3. The predicted molar refractivity (Wildman–Crippen MR) is 139 cm³/mol. The molecule has 0 saturated carbocycles. The number of nitrogens with one attached hydrogen (secondary N) is 2. The lowest BCUT2D eigenvalue weighted by molar-refractivity contribution is -0.157. The zero-order valence-electron chi connectivity index (χ0n) is 18.9. The number of thiazole rings is 1. The Morgan fingerprint density at radius 1 is 1.43 bits per heavy atom. The van der Waals surface area contributed by atoms with Crippen molar-refractivity contribution in [1.82, 2.24) is 25.4 Å². The molecule has 14 nitrogen and oxygen atoms in total. The molecule has 0 aliphatic carbocycles. The van der Waals surface area contributed by atoms with E-state index in [9.17, 15) is 24.3 Å². The molecule has 2 fully saturated rings. The normalized spacial score (nSPS) is 23.1. The van der Waals surface area contributed by atoms with Gasteiger partial charge in [-0.15, -0.1) is 33.3 Å². The number of hydrogen-bond acceptors (Lipinski definition) is 15. The topological polar surface area (TPSA) is 185 Å². The third kappa shape index (κ3) is 6.17. The molecule has 0 aromatic carbocycles. The number of hydrogen-bond donors (Lipinski definition) is 3. The number of oxime groups is 1. The first-order valence-corrected chi connectivity index (χ1v) is 15.0. The van der Waals surface area contributed by atoms with Gasteiger partial charge in [0.05, 0.1) is 7.11 Å². The molecule has 2 aliphatic rings. The number of aliphatic carboxylic acids is 1. The van der Waals surface area contributed by atoms with Crippen LogP contribution in [0.5, 0.6) is 0 Å². The Morgan fingerprint density at radius 2 is 2.27 bits per heavy atom. The number of anilines is 1. The van der Waals surface area contributed by atoms with Gasteiger partial charge in [-0.1, -0.05) is 28.3 Å². The number of rotatable bonds is 13. The van der Waals surface area contributed by atoms with E-state index in [2.05, 4.69) is 31.0 Å². The average Bonchev–Trinajstić information content (AvgIpc) is 3.58. The first-order chi connectivity index (χ1) is 17.9. The molecule has 3 N–H and O–H groups in total. The van der Waals surface area contributed by atoms with Crippen molar-refractivity contribution in [1.29, 1.82) is 0 Å². The number of β-lactam (4-membered cyclic amide) rings is 1. The van der Waals surface area contributed by atoms with E-state index in [0.29, 0.717) is 10.7 Å². The number of carboxylic acid groups (broad SMARTS) is 1. The summed E-state index contributed by atoms with van der Waals surface area (Å²) >= 11 is 5.94. The molecule has 0 radical (unpaired) electrons. The maximum atomic E-state index is 13.1. The van der Waals surface area contributed by atoms with E-state index < -0.39 is 34.6 Å². The second-order valence-corrected chi connectivity index (χ2v) is 12.3. The molecule has 2 unspecified atom stereocenters. The summed E-state index contributed by atoms with van der Waals surface area (Å²) < 4.78 is 5.47. The van der Waals surface area contributed by atoms with Gasteiger partial charge >= 0.3 is 5.97 Å². The van der Waals surface area contributed by atoms with Gasteiger partial charge in [-0.05, 0) is 0 Å². The highest BCUT2D eigenvalue weighted by molar-refractivity contribution is 8.01. The van der Waals surface area contributed by atoms with Crippen LogP contribution in [0.3, 0.4) is 0 Å². The molecule has 4 rings (SSSR count). The summed E-state index contributed by atoms with van der Waals surface area (Å²) in [5.74, 6) is -1.62. The van der Waals surface area contributed by atoms with Crippen LogP contribution in [0.1, 0.15) is 5.69 Å². The zero-order chi connectivity index (χ0) is 26.4. The minimum atomic E-state index is -1.16. The molecule has 37 heavy (non-hydrogen) atoms. The van der Waals surface area contributed by atoms with Crippen molar-refractivity contribution in [2.75, 3.05) is 36.4 Å². The van der Waals surface area contributed by atoms with E-state index in [1.54, 1.807) is 5.51 Å². The SMILES string of the molecule is COSCON=C(C(=O)NC1C(=O)N2CC(CSc3nncs3)(C(=O)O)CS[C@H]12)c1csc(NC=O)n1. The summed E-state index contributed by atoms with van der Waals surface area (Å²) in [5, 5.41) is 27.9. The van der Waals surface area contributed by atoms with Gasteiger partial charge in [0.2, 0.25) is 12.3 Å². The lowest BCUT2D eigenvalue weighted by Crippen LogP contribution is -2.74. The standard InChI is InChI=1S/C18H19N7O7S5/c1-31-37-8-32-24-10(9-2-33-16(21-9)19-6-26)12(27)22-11-13(28)25-3-18(15(29)30,4-34-14(11)25)5-35-17-23-20-7-36-17/h2,6-7,11,14H,3-5,8H2,1H3,(H,22,27)(H,29,30)(H,19,21,26)/t11?,14-,18?/m1/s1. The number of aromatic nitrogens is 3. The van der Waals surface area contributed by atoms with Crippen LogP contribution in [-0.4, -0.2) is 97.6 Å². The van der Waals surface area contributed by atoms with Crippen molar-refractivity contribution in [2.45, 2.75) is 15.8 Å². The Hall–Kier alpha value is -2.45. The molecule has 4 heterocycles. The van der Waals surface area contributed by atoms with Crippen LogP contribution in [0.2, 0.25) is 0 Å². The van der Waals surface area contributed by atoms with Crippen molar-refractivity contribution >= 4 is 93.3 Å². The maximum absolute atomic E-state index is 13.1. The lowest BCUT2D eigenvalue weighted by atomic mass is 9.89. The Balaban J connectivity index is 1.43. The summed E-state index contributed by atoms with van der Waals surface area (Å²) in [4.78, 5) is 59.6. The Bertz CT molecular complexity index is 1180. The first kappa shape index (κ1) is 27.6. The number of amides is 3. The molecule has 198 valence electrons. The summed E-state index contributed by atoms with van der Waals surface area (Å²) in [5.41, 5.74) is 0.363. The number of thioether (sulfide) groups is 2. The van der Waals surface area contributed by atoms with Crippen LogP contribution in [0.25, 0.3) is 0 Å². The largest absolute Gasteiger partial charge is 0.481 e. The molecule has 3 atom stereocenters. The molecule has 0 spiro atoms. The van der Waals surface area contributed by atoms with E-state index in [0.717, 1.165) is 23.4 Å². The summed E-state index contributed by atoms with van der Waals surface area (Å²) in [6, 6.07) is -0.870. The average molecular weight is 606 g/mol. The van der Waals surface area contributed by atoms with Gasteiger partial charge in [0.25, 0.3) is 5.91 Å². The highest BCUT2D eigenvalue weighted by atomic mass is 32.2. The van der Waals surface area contributed by atoms with E-state index in [1.807, 2.05) is 0 Å². The lowest BCUT2D eigenvalue weighted by Gasteiger charge is -2.53. The molecule has 2 saturated heterocycles. The van der Waals surface area contributed by atoms with Gasteiger partial charge < -0.3 is 29.7 Å². The summed E-state index contributed by atoms with van der Waals surface area (Å²) in [6.07, 6.45) is 0.455. The van der Waals surface area contributed by atoms with Crippen molar-refractivity contribution in [3.63, 3.8) is 0 Å². The van der Waals surface area contributed by atoms with Gasteiger partial charge in [-0.25, -0.2) is 4.98 Å². The van der Waals surface area contributed by atoms with Crippen LogP contribution in [0.15, 0.2) is 20.4 Å². The van der Waals surface area contributed by atoms with Crippen LogP contribution < -0.4 is 10.6 Å². The monoisotopic (exact) mass is 605 g/mol. The third-order valence-corrected chi connectivity index (χ3v) is 10.2. The fourth-order valence-electron chi connectivity index (χ4n) is 3.41. The zero-order valence-corrected chi connectivity index (χ0v) is 23.0. The fourth-order valence-corrected chi connectivity index (χ4v) is 7.60. The van der Waals surface area contributed by atoms with Gasteiger partial charge in [0, 0.05) is 35.5 Å². The van der Waals surface area contributed by atoms with Gasteiger partial charge in [-0.3, -0.25) is 19.2 Å². The molecular weight excluding hydrogens is 587 g/mol. The van der Waals surface area contributed by atoms with Gasteiger partial charge in [0.15, 0.2) is 21.1 Å². The van der Waals surface area contributed by atoms with Gasteiger partial charge in [-0.2, -0.15) is 0 Å². The smallest absolute Gasteiger partial charge is 0.313 e. The Morgan fingerprint density at radius 3 is 2.97 bits per heavy atom. The van der Waals surface area contributed by atoms with E-state index in [-0.39, 0.29) is 40.5 Å². The Labute approximate surface area is 230 Å². The quantitative estimate of drug-likeness (QED) is 0.0426. The summed E-state index contributed by atoms with van der Waals surface area (Å²) in [7, 11) is 1.45. The summed E-state index contributed by atoms with van der Waals surface area (Å²) in [6.45, 7) is 0.0160. The van der Waals surface area contributed by atoms with Crippen LogP contribution in [0, 0.1) is 5.41 Å². The highest BCUT2D eigenvalue weighted by Gasteiger charge is 2.57. The number of fused-ring (bicyclic) bond motifs is 1. The highest BCUT2D eigenvalue weighted by Crippen LogP contribution is 2.44. The second-order valence-electron chi connectivity index (χ2n) is 7.47.